The zero-order chi connectivity index (χ0) is 15.8. The Labute approximate surface area is 117 Å². The Kier molecular flexibility index (Phi) is 3.74. The van der Waals surface area contributed by atoms with Crippen LogP contribution >= 0.6 is 0 Å². The Hall–Kier alpha value is -1.97. The first-order chi connectivity index (χ1) is 9.60. The van der Waals surface area contributed by atoms with Gasteiger partial charge in [0.05, 0.1) is 0 Å². The minimum Gasteiger partial charge on any atom is -0.489 e. The smallest absolute Gasteiger partial charge is 0.489 e. The molecule has 1 aliphatic rings. The number of alkyl halides is 3. The average Bonchev–Trinajstić information content (AvgIpc) is 2.69. The Morgan fingerprint density at radius 2 is 2.05 bits per heavy atom. The van der Waals surface area contributed by atoms with E-state index >= 15 is 0 Å². The second-order valence-corrected chi connectivity index (χ2v) is 5.63. The molecule has 1 heterocycles. The van der Waals surface area contributed by atoms with E-state index < -0.39 is 33.4 Å². The molecule has 0 unspecified atom stereocenters. The summed E-state index contributed by atoms with van der Waals surface area (Å²) in [5.41, 5.74) is -5.10. The van der Waals surface area contributed by atoms with Gasteiger partial charge in [-0.2, -0.15) is 21.6 Å². The lowest BCUT2D eigenvalue weighted by atomic mass is 10.1. The number of halogens is 3. The van der Waals surface area contributed by atoms with Crippen molar-refractivity contribution >= 4 is 16.1 Å². The predicted molar refractivity (Wildman–Crippen MR) is 62.0 cm³/mol. The van der Waals surface area contributed by atoms with Gasteiger partial charge in [-0.3, -0.25) is 4.79 Å². The van der Waals surface area contributed by atoms with Gasteiger partial charge in [0.25, 0.3) is 0 Å². The molecule has 0 radical (unpaired) electrons. The number of benzene rings is 1. The molecule has 1 aromatic carbocycles. The largest absolute Gasteiger partial charge is 0.534 e. The van der Waals surface area contributed by atoms with Crippen molar-refractivity contribution in [3.8, 4) is 11.5 Å². The molecular weight excluding hydrogens is 317 g/mol. The third-order valence-electron chi connectivity index (χ3n) is 2.52. The number of carbonyl (C=O) groups excluding carboxylic acids is 1. The molecule has 0 N–H and O–H groups in total. The summed E-state index contributed by atoms with van der Waals surface area (Å²) < 4.78 is 72.4. The van der Waals surface area contributed by atoms with E-state index in [0.717, 1.165) is 12.1 Å². The maximum absolute atomic E-state index is 12.2. The summed E-state index contributed by atoms with van der Waals surface area (Å²) in [6.07, 6.45) is -0.689. The predicted octanol–water partition coefficient (Wildman–Crippen LogP) is 1.91. The third-order valence-corrected chi connectivity index (χ3v) is 3.50. The molecule has 0 fully saturated rings. The maximum atomic E-state index is 12.2. The van der Waals surface area contributed by atoms with E-state index in [1.54, 1.807) is 0 Å². The van der Waals surface area contributed by atoms with Crippen LogP contribution in [-0.2, 0) is 19.6 Å². The molecule has 0 amide bonds. The second kappa shape index (κ2) is 5.10. The number of hydrogen-bond donors (Lipinski definition) is 0. The van der Waals surface area contributed by atoms with E-state index in [1.807, 2.05) is 0 Å². The SMILES string of the molecule is CC(=O)O[C@@H]1COc2cc(OS(=O)(=O)C(F)(F)F)ccc21. The molecule has 0 aliphatic carbocycles. The van der Waals surface area contributed by atoms with Crippen molar-refractivity contribution in [1.82, 2.24) is 0 Å². The van der Waals surface area contributed by atoms with Gasteiger partial charge >= 0.3 is 21.6 Å². The van der Waals surface area contributed by atoms with Crippen molar-refractivity contribution < 1.29 is 40.0 Å². The highest BCUT2D eigenvalue weighted by atomic mass is 32.2. The molecule has 0 spiro atoms. The van der Waals surface area contributed by atoms with E-state index in [-0.39, 0.29) is 12.4 Å². The minimum absolute atomic E-state index is 0.00954. The molecule has 1 aromatic rings. The van der Waals surface area contributed by atoms with Crippen LogP contribution in [0.1, 0.15) is 18.6 Å². The number of carbonyl (C=O) groups is 1. The lowest BCUT2D eigenvalue weighted by Gasteiger charge is -2.11. The van der Waals surface area contributed by atoms with Gasteiger partial charge in [0.2, 0.25) is 0 Å². The van der Waals surface area contributed by atoms with Crippen molar-refractivity contribution in [2.75, 3.05) is 6.61 Å². The second-order valence-electron chi connectivity index (χ2n) is 4.09. The Bertz CT molecular complexity index is 667. The van der Waals surface area contributed by atoms with Gasteiger partial charge in [0.15, 0.2) is 6.10 Å². The van der Waals surface area contributed by atoms with Crippen molar-refractivity contribution in [3.63, 3.8) is 0 Å². The van der Waals surface area contributed by atoms with Crippen LogP contribution in [0, 0.1) is 0 Å². The molecule has 1 atom stereocenters. The Morgan fingerprint density at radius 1 is 1.38 bits per heavy atom. The van der Waals surface area contributed by atoms with Crippen molar-refractivity contribution in [3.05, 3.63) is 23.8 Å². The number of hydrogen-bond acceptors (Lipinski definition) is 6. The van der Waals surface area contributed by atoms with Crippen molar-refractivity contribution in [2.45, 2.75) is 18.5 Å². The highest BCUT2D eigenvalue weighted by Crippen LogP contribution is 2.38. The Morgan fingerprint density at radius 3 is 2.62 bits per heavy atom. The number of ether oxygens (including phenoxy) is 2. The van der Waals surface area contributed by atoms with Gasteiger partial charge in [-0.15, -0.1) is 0 Å². The molecule has 6 nitrogen and oxygen atoms in total. The highest BCUT2D eigenvalue weighted by molar-refractivity contribution is 7.88. The van der Waals surface area contributed by atoms with Crippen molar-refractivity contribution in [2.24, 2.45) is 0 Å². The van der Waals surface area contributed by atoms with Gasteiger partial charge in [0, 0.05) is 18.6 Å². The molecule has 116 valence electrons. The van der Waals surface area contributed by atoms with Crippen LogP contribution in [0.5, 0.6) is 11.5 Å². The fraction of sp³-hybridized carbons (Fsp3) is 0.364. The van der Waals surface area contributed by atoms with E-state index in [4.69, 9.17) is 9.47 Å². The molecule has 0 saturated heterocycles. The summed E-state index contributed by atoms with van der Waals surface area (Å²) in [5, 5.41) is 0. The fourth-order valence-electron chi connectivity index (χ4n) is 1.68. The van der Waals surface area contributed by atoms with Gasteiger partial charge in [-0.05, 0) is 12.1 Å². The first-order valence-corrected chi connectivity index (χ1v) is 6.96. The maximum Gasteiger partial charge on any atom is 0.534 e. The van der Waals surface area contributed by atoms with Crippen LogP contribution in [0.3, 0.4) is 0 Å². The molecule has 21 heavy (non-hydrogen) atoms. The van der Waals surface area contributed by atoms with Crippen molar-refractivity contribution in [1.29, 1.82) is 0 Å². The van der Waals surface area contributed by atoms with Crippen LogP contribution < -0.4 is 8.92 Å². The highest BCUT2D eigenvalue weighted by Gasteiger charge is 2.48. The number of rotatable bonds is 3. The molecule has 0 aromatic heterocycles. The van der Waals surface area contributed by atoms with Gasteiger partial charge in [-0.25, -0.2) is 0 Å². The first kappa shape index (κ1) is 15.4. The minimum atomic E-state index is -5.74. The van der Waals surface area contributed by atoms with Crippen LogP contribution in [0.2, 0.25) is 0 Å². The zero-order valence-electron chi connectivity index (χ0n) is 10.5. The summed E-state index contributed by atoms with van der Waals surface area (Å²) in [5.74, 6) is -0.998. The fourth-order valence-corrected chi connectivity index (χ4v) is 2.14. The van der Waals surface area contributed by atoms with Gasteiger partial charge in [-0.1, -0.05) is 0 Å². The Balaban J connectivity index is 2.22. The molecule has 1 aliphatic heterocycles. The monoisotopic (exact) mass is 326 g/mol. The third kappa shape index (κ3) is 3.20. The topological polar surface area (TPSA) is 78.9 Å². The quantitative estimate of drug-likeness (QED) is 0.480. The lowest BCUT2D eigenvalue weighted by molar-refractivity contribution is -0.147. The normalized spacial score (nSPS) is 17.8. The van der Waals surface area contributed by atoms with E-state index in [0.29, 0.717) is 5.56 Å². The molecule has 2 rings (SSSR count). The zero-order valence-corrected chi connectivity index (χ0v) is 11.3. The standard InChI is InChI=1S/C11H9F3O6S/c1-6(15)19-10-5-18-9-4-7(2-3-8(9)10)20-21(16,17)11(12,13)14/h2-4,10H,5H2,1H3/t10-/m1/s1. The molecule has 10 heteroatoms. The summed E-state index contributed by atoms with van der Waals surface area (Å²) >= 11 is 0. The molecular formula is C11H9F3O6S. The van der Waals surface area contributed by atoms with E-state index in [9.17, 15) is 26.4 Å². The average molecular weight is 326 g/mol. The summed E-state index contributed by atoms with van der Waals surface area (Å²) in [6.45, 7) is 1.19. The van der Waals surface area contributed by atoms with Crippen LogP contribution in [-0.4, -0.2) is 26.5 Å². The number of esters is 1. The van der Waals surface area contributed by atoms with Crippen LogP contribution in [0.25, 0.3) is 0 Å². The van der Waals surface area contributed by atoms with Gasteiger partial charge in [0.1, 0.15) is 18.1 Å². The molecule has 0 saturated carbocycles. The summed E-state index contributed by atoms with van der Waals surface area (Å²) in [4.78, 5) is 10.9. The van der Waals surface area contributed by atoms with Crippen LogP contribution in [0.15, 0.2) is 18.2 Å². The van der Waals surface area contributed by atoms with E-state index in [1.165, 1.54) is 13.0 Å². The van der Waals surface area contributed by atoms with Crippen LogP contribution in [0.4, 0.5) is 13.2 Å². The lowest BCUT2D eigenvalue weighted by Crippen LogP contribution is -2.28. The summed E-state index contributed by atoms with van der Waals surface area (Å²) in [7, 11) is -5.74. The summed E-state index contributed by atoms with van der Waals surface area (Å²) in [6, 6.07) is 3.28. The van der Waals surface area contributed by atoms with E-state index in [2.05, 4.69) is 4.18 Å². The first-order valence-electron chi connectivity index (χ1n) is 5.55. The van der Waals surface area contributed by atoms with Gasteiger partial charge < -0.3 is 13.7 Å². The number of fused-ring (bicyclic) bond motifs is 1. The molecule has 0 bridgehead atoms.